The average molecular weight is 254 g/mol. The zero-order valence-electron chi connectivity index (χ0n) is 11.4. The van der Waals surface area contributed by atoms with Crippen LogP contribution in [0.2, 0.25) is 0 Å². The van der Waals surface area contributed by atoms with Crippen LogP contribution in [-0.2, 0) is 6.54 Å². The monoisotopic (exact) mass is 254 g/mol. The fourth-order valence-electron chi connectivity index (χ4n) is 1.60. The first-order chi connectivity index (χ1) is 8.65. The van der Waals surface area contributed by atoms with Gasteiger partial charge >= 0.3 is 0 Å². The van der Waals surface area contributed by atoms with E-state index in [4.69, 9.17) is 19.9 Å². The van der Waals surface area contributed by atoms with Crippen molar-refractivity contribution in [2.75, 3.05) is 27.9 Å². The van der Waals surface area contributed by atoms with E-state index in [1.807, 2.05) is 19.1 Å². The van der Waals surface area contributed by atoms with Crippen LogP contribution in [0.4, 0.5) is 0 Å². The van der Waals surface area contributed by atoms with Crippen LogP contribution in [0.25, 0.3) is 0 Å². The van der Waals surface area contributed by atoms with Crippen LogP contribution in [-0.4, -0.2) is 33.9 Å². The fraction of sp³-hybridized carbons (Fsp3) is 0.538. The van der Waals surface area contributed by atoms with E-state index in [1.165, 1.54) is 0 Å². The lowest BCUT2D eigenvalue weighted by Gasteiger charge is -2.16. The van der Waals surface area contributed by atoms with Gasteiger partial charge in [0.2, 0.25) is 0 Å². The third-order valence-electron chi connectivity index (χ3n) is 2.78. The number of rotatable bonds is 7. The van der Waals surface area contributed by atoms with Gasteiger partial charge in [0, 0.05) is 30.8 Å². The second kappa shape index (κ2) is 7.08. The molecule has 0 heterocycles. The van der Waals surface area contributed by atoms with Crippen LogP contribution in [0.15, 0.2) is 12.1 Å². The number of methoxy groups -OCH3 is 3. The SMILES string of the molecule is COc1cc(OC)c(OC)cc1CNC(C)CN. The normalized spacial score (nSPS) is 12.1. The number of nitrogens with one attached hydrogen (secondary N) is 1. The molecule has 1 rings (SSSR count). The molecular formula is C13H22N2O3. The zero-order valence-corrected chi connectivity index (χ0v) is 11.4. The van der Waals surface area contributed by atoms with E-state index >= 15 is 0 Å². The maximum absolute atomic E-state index is 5.57. The molecule has 0 amide bonds. The Morgan fingerprint density at radius 3 is 2.11 bits per heavy atom. The predicted octanol–water partition coefficient (Wildman–Crippen LogP) is 1.15. The molecule has 0 aromatic heterocycles. The summed E-state index contributed by atoms with van der Waals surface area (Å²) in [5, 5.41) is 3.31. The summed E-state index contributed by atoms with van der Waals surface area (Å²) in [5.41, 5.74) is 6.58. The van der Waals surface area contributed by atoms with Crippen molar-refractivity contribution in [3.63, 3.8) is 0 Å². The van der Waals surface area contributed by atoms with Crippen LogP contribution in [0.5, 0.6) is 17.2 Å². The van der Waals surface area contributed by atoms with E-state index in [1.54, 1.807) is 21.3 Å². The molecule has 0 aliphatic carbocycles. The number of nitrogens with two attached hydrogens (primary N) is 1. The van der Waals surface area contributed by atoms with E-state index in [0.717, 1.165) is 11.3 Å². The Labute approximate surface area is 108 Å². The van der Waals surface area contributed by atoms with Crippen LogP contribution < -0.4 is 25.3 Å². The molecule has 0 bridgehead atoms. The van der Waals surface area contributed by atoms with Gasteiger partial charge in [-0.2, -0.15) is 0 Å². The molecular weight excluding hydrogens is 232 g/mol. The quantitative estimate of drug-likeness (QED) is 0.764. The van der Waals surface area contributed by atoms with Crippen LogP contribution in [0.3, 0.4) is 0 Å². The molecule has 0 radical (unpaired) electrons. The first kappa shape index (κ1) is 14.6. The largest absolute Gasteiger partial charge is 0.496 e. The maximum Gasteiger partial charge on any atom is 0.164 e. The lowest BCUT2D eigenvalue weighted by molar-refractivity contribution is 0.346. The number of ether oxygens (including phenoxy) is 3. The van der Waals surface area contributed by atoms with Crippen molar-refractivity contribution in [1.82, 2.24) is 5.32 Å². The molecule has 1 atom stereocenters. The minimum atomic E-state index is 0.253. The molecule has 1 aromatic carbocycles. The minimum Gasteiger partial charge on any atom is -0.496 e. The maximum atomic E-state index is 5.57. The molecule has 102 valence electrons. The van der Waals surface area contributed by atoms with Gasteiger partial charge in [-0.25, -0.2) is 0 Å². The smallest absolute Gasteiger partial charge is 0.164 e. The van der Waals surface area contributed by atoms with Gasteiger partial charge in [-0.05, 0) is 13.0 Å². The molecule has 0 saturated heterocycles. The van der Waals surface area contributed by atoms with Gasteiger partial charge in [-0.3, -0.25) is 0 Å². The third kappa shape index (κ3) is 3.51. The molecule has 1 unspecified atom stereocenters. The third-order valence-corrected chi connectivity index (χ3v) is 2.78. The summed E-state index contributed by atoms with van der Waals surface area (Å²) in [7, 11) is 4.85. The molecule has 5 nitrogen and oxygen atoms in total. The second-order valence-electron chi connectivity index (χ2n) is 4.04. The summed E-state index contributed by atoms with van der Waals surface area (Å²) in [6, 6.07) is 3.99. The van der Waals surface area contributed by atoms with Crippen molar-refractivity contribution in [3.8, 4) is 17.2 Å². The summed E-state index contributed by atoms with van der Waals surface area (Å²) in [6.07, 6.45) is 0. The van der Waals surface area contributed by atoms with Crippen LogP contribution in [0.1, 0.15) is 12.5 Å². The van der Waals surface area contributed by atoms with E-state index < -0.39 is 0 Å². The van der Waals surface area contributed by atoms with Gasteiger partial charge in [-0.15, -0.1) is 0 Å². The minimum absolute atomic E-state index is 0.253. The van der Waals surface area contributed by atoms with Crippen molar-refractivity contribution in [2.24, 2.45) is 5.73 Å². The highest BCUT2D eigenvalue weighted by molar-refractivity contribution is 5.50. The average Bonchev–Trinajstić information content (AvgIpc) is 2.43. The zero-order chi connectivity index (χ0) is 13.5. The molecule has 0 fully saturated rings. The Hall–Kier alpha value is -1.46. The van der Waals surface area contributed by atoms with Gasteiger partial charge in [0.15, 0.2) is 11.5 Å². The highest BCUT2D eigenvalue weighted by atomic mass is 16.5. The van der Waals surface area contributed by atoms with Gasteiger partial charge in [0.1, 0.15) is 5.75 Å². The lowest BCUT2D eigenvalue weighted by atomic mass is 10.1. The highest BCUT2D eigenvalue weighted by Crippen LogP contribution is 2.34. The number of hydrogen-bond acceptors (Lipinski definition) is 5. The van der Waals surface area contributed by atoms with Crippen molar-refractivity contribution >= 4 is 0 Å². The molecule has 0 spiro atoms. The Kier molecular flexibility index (Phi) is 5.74. The van der Waals surface area contributed by atoms with Crippen molar-refractivity contribution in [2.45, 2.75) is 19.5 Å². The summed E-state index contributed by atoms with van der Waals surface area (Å²) in [6.45, 7) is 3.30. The van der Waals surface area contributed by atoms with Gasteiger partial charge < -0.3 is 25.3 Å². The van der Waals surface area contributed by atoms with Crippen molar-refractivity contribution < 1.29 is 14.2 Å². The van der Waals surface area contributed by atoms with E-state index in [2.05, 4.69) is 5.32 Å². The molecule has 3 N–H and O–H groups in total. The lowest BCUT2D eigenvalue weighted by Crippen LogP contribution is -2.32. The molecule has 0 aliphatic rings. The first-order valence-electron chi connectivity index (χ1n) is 5.88. The molecule has 0 aliphatic heterocycles. The van der Waals surface area contributed by atoms with Gasteiger partial charge in [0.05, 0.1) is 21.3 Å². The topological polar surface area (TPSA) is 65.7 Å². The van der Waals surface area contributed by atoms with Crippen LogP contribution >= 0.6 is 0 Å². The summed E-state index contributed by atoms with van der Waals surface area (Å²) >= 11 is 0. The summed E-state index contributed by atoms with van der Waals surface area (Å²) in [5.74, 6) is 2.12. The summed E-state index contributed by atoms with van der Waals surface area (Å²) in [4.78, 5) is 0. The predicted molar refractivity (Wildman–Crippen MR) is 71.5 cm³/mol. The van der Waals surface area contributed by atoms with Crippen molar-refractivity contribution in [3.05, 3.63) is 17.7 Å². The van der Waals surface area contributed by atoms with Crippen LogP contribution in [0, 0.1) is 0 Å². The molecule has 0 saturated carbocycles. The van der Waals surface area contributed by atoms with E-state index in [9.17, 15) is 0 Å². The standard InChI is InChI=1S/C13H22N2O3/c1-9(7-14)15-8-10-5-12(17-3)13(18-4)6-11(10)16-2/h5-6,9,15H,7-8,14H2,1-4H3. The number of benzene rings is 1. The van der Waals surface area contributed by atoms with E-state index in [0.29, 0.717) is 24.6 Å². The highest BCUT2D eigenvalue weighted by Gasteiger charge is 2.12. The second-order valence-corrected chi connectivity index (χ2v) is 4.04. The Balaban J connectivity index is 2.94. The fourth-order valence-corrected chi connectivity index (χ4v) is 1.60. The Morgan fingerprint density at radius 1 is 1.06 bits per heavy atom. The van der Waals surface area contributed by atoms with Crippen molar-refractivity contribution in [1.29, 1.82) is 0 Å². The number of hydrogen-bond donors (Lipinski definition) is 2. The first-order valence-corrected chi connectivity index (χ1v) is 5.88. The molecule has 18 heavy (non-hydrogen) atoms. The van der Waals surface area contributed by atoms with Gasteiger partial charge in [0.25, 0.3) is 0 Å². The van der Waals surface area contributed by atoms with E-state index in [-0.39, 0.29) is 6.04 Å². The Bertz CT molecular complexity index is 383. The summed E-state index contributed by atoms with van der Waals surface area (Å²) < 4.78 is 15.9. The molecule has 1 aromatic rings. The van der Waals surface area contributed by atoms with Gasteiger partial charge in [-0.1, -0.05) is 0 Å². The Morgan fingerprint density at radius 2 is 1.61 bits per heavy atom. The molecule has 5 heteroatoms.